The van der Waals surface area contributed by atoms with Gasteiger partial charge >= 0.3 is 0 Å². The number of carbonyl (C=O) groups excluding carboxylic acids is 2. The van der Waals surface area contributed by atoms with E-state index in [1.807, 2.05) is 0 Å². The van der Waals surface area contributed by atoms with Crippen LogP contribution >= 0.6 is 0 Å². The molecule has 0 radical (unpaired) electrons. The Morgan fingerprint density at radius 1 is 1.16 bits per heavy atom. The van der Waals surface area contributed by atoms with Crippen LogP contribution in [0.2, 0.25) is 0 Å². The van der Waals surface area contributed by atoms with Crippen molar-refractivity contribution in [3.8, 4) is 5.75 Å². The lowest BCUT2D eigenvalue weighted by Gasteiger charge is -2.07. The van der Waals surface area contributed by atoms with E-state index in [1.165, 1.54) is 7.05 Å². The Bertz CT molecular complexity index is 737. The van der Waals surface area contributed by atoms with Crippen molar-refractivity contribution in [3.05, 3.63) is 35.0 Å². The lowest BCUT2D eigenvalue weighted by molar-refractivity contribution is 0.0693. The van der Waals surface area contributed by atoms with Gasteiger partial charge in [0.2, 0.25) is 0 Å². The number of amides is 2. The maximum absolute atomic E-state index is 12.2. The summed E-state index contributed by atoms with van der Waals surface area (Å²) >= 11 is 0. The summed E-state index contributed by atoms with van der Waals surface area (Å²) in [7, 11) is 3.04. The first-order valence-corrected chi connectivity index (χ1v) is 5.85. The molecule has 1 aromatic heterocycles. The highest BCUT2D eigenvalue weighted by Gasteiger charge is 2.36. The van der Waals surface area contributed by atoms with E-state index in [9.17, 15) is 9.59 Å². The van der Waals surface area contributed by atoms with Crippen molar-refractivity contribution in [3.63, 3.8) is 0 Å². The third-order valence-corrected chi connectivity index (χ3v) is 3.41. The van der Waals surface area contributed by atoms with E-state index >= 15 is 0 Å². The number of nitrogens with zero attached hydrogens (tertiary/aromatic N) is 2. The van der Waals surface area contributed by atoms with Crippen molar-refractivity contribution >= 4 is 22.7 Å². The van der Waals surface area contributed by atoms with Gasteiger partial charge in [0.05, 0.1) is 29.4 Å². The van der Waals surface area contributed by atoms with E-state index < -0.39 is 0 Å². The van der Waals surface area contributed by atoms with E-state index in [1.54, 1.807) is 32.2 Å². The Morgan fingerprint density at radius 2 is 1.84 bits per heavy atom. The highest BCUT2D eigenvalue weighted by atomic mass is 16.5. The van der Waals surface area contributed by atoms with Crippen LogP contribution in [0, 0.1) is 6.92 Å². The molecule has 5 heteroatoms. The lowest BCUT2D eigenvalue weighted by atomic mass is 10.0. The van der Waals surface area contributed by atoms with Crippen molar-refractivity contribution in [2.45, 2.75) is 6.92 Å². The molecule has 96 valence electrons. The van der Waals surface area contributed by atoms with Gasteiger partial charge in [-0.3, -0.25) is 19.5 Å². The van der Waals surface area contributed by atoms with Gasteiger partial charge in [-0.25, -0.2) is 0 Å². The molecule has 2 heterocycles. The normalized spacial score (nSPS) is 14.2. The molecule has 1 aliphatic rings. The number of carbonyl (C=O) groups is 2. The predicted molar refractivity (Wildman–Crippen MR) is 69.5 cm³/mol. The largest absolute Gasteiger partial charge is 0.497 e. The summed E-state index contributed by atoms with van der Waals surface area (Å²) in [4.78, 5) is 29.8. The summed E-state index contributed by atoms with van der Waals surface area (Å²) in [5.74, 6) is 0.0497. The highest BCUT2D eigenvalue weighted by molar-refractivity contribution is 6.26. The van der Waals surface area contributed by atoms with E-state index in [-0.39, 0.29) is 11.8 Å². The molecule has 0 saturated heterocycles. The number of aryl methyl sites for hydroxylation is 1. The van der Waals surface area contributed by atoms with Gasteiger partial charge in [0.15, 0.2) is 0 Å². The maximum Gasteiger partial charge on any atom is 0.263 e. The van der Waals surface area contributed by atoms with Crippen molar-refractivity contribution < 1.29 is 14.3 Å². The number of hydrogen-bond donors (Lipinski definition) is 0. The average Bonchev–Trinajstić information content (AvgIpc) is 2.64. The molecule has 3 rings (SSSR count). The van der Waals surface area contributed by atoms with Crippen LogP contribution in [-0.4, -0.2) is 35.9 Å². The second kappa shape index (κ2) is 3.78. The minimum Gasteiger partial charge on any atom is -0.497 e. The molecule has 0 saturated carbocycles. The molecule has 0 unspecified atom stereocenters. The highest BCUT2D eigenvalue weighted by Crippen LogP contribution is 2.32. The summed E-state index contributed by atoms with van der Waals surface area (Å²) in [6.07, 6.45) is 0. The molecule has 1 aromatic carbocycles. The Labute approximate surface area is 109 Å². The number of benzene rings is 1. The zero-order chi connectivity index (χ0) is 13.7. The second-order valence-corrected chi connectivity index (χ2v) is 4.50. The summed E-state index contributed by atoms with van der Waals surface area (Å²) in [5.41, 5.74) is 2.09. The van der Waals surface area contributed by atoms with Crippen molar-refractivity contribution in [1.29, 1.82) is 0 Å². The number of pyridine rings is 1. The zero-order valence-electron chi connectivity index (χ0n) is 10.9. The first-order chi connectivity index (χ1) is 9.04. The summed E-state index contributed by atoms with van der Waals surface area (Å²) in [6, 6.07) is 5.31. The molecular formula is C14H12N2O3. The number of hydrogen-bond acceptors (Lipinski definition) is 4. The molecule has 0 bridgehead atoms. The number of aromatic nitrogens is 1. The van der Waals surface area contributed by atoms with Crippen LogP contribution in [0.15, 0.2) is 18.2 Å². The maximum atomic E-state index is 12.2. The van der Waals surface area contributed by atoms with Gasteiger partial charge in [0, 0.05) is 12.4 Å². The molecule has 19 heavy (non-hydrogen) atoms. The van der Waals surface area contributed by atoms with Gasteiger partial charge in [-0.1, -0.05) is 0 Å². The number of imide groups is 1. The molecular weight excluding hydrogens is 244 g/mol. The van der Waals surface area contributed by atoms with Crippen LogP contribution in [-0.2, 0) is 0 Å². The Hall–Kier alpha value is -2.43. The van der Waals surface area contributed by atoms with Crippen LogP contribution in [0.3, 0.4) is 0 Å². The fourth-order valence-electron chi connectivity index (χ4n) is 2.40. The SMILES string of the molecule is COc1ccc2nc(C)c3c(c2c1)C(=O)N(C)C3=O. The molecule has 0 atom stereocenters. The number of fused-ring (bicyclic) bond motifs is 3. The van der Waals surface area contributed by atoms with Gasteiger partial charge in [0.1, 0.15) is 5.75 Å². The lowest BCUT2D eigenvalue weighted by Crippen LogP contribution is -2.24. The van der Waals surface area contributed by atoms with Crippen molar-refractivity contribution in [2.75, 3.05) is 14.2 Å². The van der Waals surface area contributed by atoms with Crippen LogP contribution in [0.25, 0.3) is 10.9 Å². The molecule has 0 fully saturated rings. The van der Waals surface area contributed by atoms with Gasteiger partial charge < -0.3 is 4.74 Å². The van der Waals surface area contributed by atoms with Gasteiger partial charge in [0.25, 0.3) is 11.8 Å². The smallest absolute Gasteiger partial charge is 0.263 e. The van der Waals surface area contributed by atoms with Crippen molar-refractivity contribution in [2.24, 2.45) is 0 Å². The standard InChI is InChI=1S/C14H12N2O3/c1-7-11-12(14(18)16(2)13(11)17)9-6-8(19-3)4-5-10(9)15-7/h4-6H,1-3H3. The topological polar surface area (TPSA) is 59.5 Å². The van der Waals surface area contributed by atoms with E-state index in [0.717, 1.165) is 4.90 Å². The first-order valence-electron chi connectivity index (χ1n) is 5.85. The Balaban J connectivity index is 2.45. The fraction of sp³-hybridized carbons (Fsp3) is 0.214. The van der Waals surface area contributed by atoms with E-state index in [4.69, 9.17) is 4.74 Å². The minimum absolute atomic E-state index is 0.288. The van der Waals surface area contributed by atoms with Gasteiger partial charge in [-0.2, -0.15) is 0 Å². The molecule has 0 spiro atoms. The molecule has 0 aliphatic carbocycles. The Kier molecular flexibility index (Phi) is 2.32. The molecule has 2 aromatic rings. The van der Waals surface area contributed by atoms with Gasteiger partial charge in [-0.15, -0.1) is 0 Å². The van der Waals surface area contributed by atoms with Gasteiger partial charge in [-0.05, 0) is 25.1 Å². The van der Waals surface area contributed by atoms with E-state index in [0.29, 0.717) is 33.5 Å². The minimum atomic E-state index is -0.297. The monoisotopic (exact) mass is 256 g/mol. The molecule has 5 nitrogen and oxygen atoms in total. The second-order valence-electron chi connectivity index (χ2n) is 4.50. The molecule has 2 amide bonds. The third-order valence-electron chi connectivity index (χ3n) is 3.41. The predicted octanol–water partition coefficient (Wildman–Crippen LogP) is 1.78. The summed E-state index contributed by atoms with van der Waals surface area (Å²) in [5, 5.41) is 0.655. The summed E-state index contributed by atoms with van der Waals surface area (Å²) < 4.78 is 5.16. The number of ether oxygens (including phenoxy) is 1. The molecule has 1 aliphatic heterocycles. The quantitative estimate of drug-likeness (QED) is 0.730. The van der Waals surface area contributed by atoms with Crippen LogP contribution in [0.1, 0.15) is 26.4 Å². The van der Waals surface area contributed by atoms with Crippen LogP contribution < -0.4 is 4.74 Å². The van der Waals surface area contributed by atoms with E-state index in [2.05, 4.69) is 4.98 Å². The van der Waals surface area contributed by atoms with Crippen LogP contribution in [0.4, 0.5) is 0 Å². The third kappa shape index (κ3) is 1.44. The fourth-order valence-corrected chi connectivity index (χ4v) is 2.40. The average molecular weight is 256 g/mol. The molecule has 0 N–H and O–H groups in total. The number of rotatable bonds is 1. The van der Waals surface area contributed by atoms with Crippen molar-refractivity contribution in [1.82, 2.24) is 9.88 Å². The first kappa shape index (κ1) is 11.6. The summed E-state index contributed by atoms with van der Waals surface area (Å²) in [6.45, 7) is 1.74. The zero-order valence-corrected chi connectivity index (χ0v) is 10.9. The number of methoxy groups -OCH3 is 1. The Morgan fingerprint density at radius 3 is 2.53 bits per heavy atom. The van der Waals surface area contributed by atoms with Crippen LogP contribution in [0.5, 0.6) is 5.75 Å².